The fourth-order valence-corrected chi connectivity index (χ4v) is 4.12. The molecule has 126 valence electrons. The Morgan fingerprint density at radius 1 is 1.25 bits per heavy atom. The molecule has 0 saturated carbocycles. The second kappa shape index (κ2) is 6.48. The number of aryl methyl sites for hydroxylation is 1. The average Bonchev–Trinajstić information content (AvgIpc) is 3.26. The third kappa shape index (κ3) is 3.41. The van der Waals surface area contributed by atoms with E-state index in [1.807, 2.05) is 24.4 Å². The number of aromatic nitrogens is 1. The highest BCUT2D eigenvalue weighted by Gasteiger charge is 2.20. The molecule has 3 aromatic heterocycles. The van der Waals surface area contributed by atoms with Crippen LogP contribution >= 0.6 is 22.7 Å². The van der Waals surface area contributed by atoms with Crippen LogP contribution in [0.5, 0.6) is 0 Å². The van der Waals surface area contributed by atoms with Gasteiger partial charge in [0.2, 0.25) is 5.09 Å². The van der Waals surface area contributed by atoms with Gasteiger partial charge in [-0.1, -0.05) is 0 Å². The van der Waals surface area contributed by atoms with Gasteiger partial charge >= 0.3 is 0 Å². The van der Waals surface area contributed by atoms with Crippen LogP contribution in [0.4, 0.5) is 5.13 Å². The summed E-state index contributed by atoms with van der Waals surface area (Å²) in [5.74, 6) is -0.664. The Bertz CT molecular complexity index is 985. The van der Waals surface area contributed by atoms with E-state index in [1.54, 1.807) is 11.3 Å². The largest absolute Gasteiger partial charge is 0.438 e. The van der Waals surface area contributed by atoms with Crippen LogP contribution in [0.15, 0.2) is 39.2 Å². The van der Waals surface area contributed by atoms with Crippen molar-refractivity contribution in [3.8, 4) is 10.6 Å². The molecule has 7 nitrogen and oxygen atoms in total. The lowest BCUT2D eigenvalue weighted by Crippen LogP contribution is -2.18. The standard InChI is InChI=1S/C14H13N3O4S3/c1-8-3-5-11(23-8)9-7-22-14(16-9)17-13(18)10-4-6-12(21-10)24(19,20)15-2/h3-7,15H,1-2H3,(H,16,17,18). The Kier molecular flexibility index (Phi) is 4.54. The zero-order valence-corrected chi connectivity index (χ0v) is 15.1. The van der Waals surface area contributed by atoms with Crippen molar-refractivity contribution >= 4 is 43.7 Å². The maximum absolute atomic E-state index is 12.1. The summed E-state index contributed by atoms with van der Waals surface area (Å²) in [4.78, 5) is 18.7. The number of nitrogens with zero attached hydrogens (tertiary/aromatic N) is 1. The minimum Gasteiger partial charge on any atom is -0.438 e. The van der Waals surface area contributed by atoms with Crippen LogP contribution < -0.4 is 10.0 Å². The van der Waals surface area contributed by atoms with Crippen LogP contribution in [0.2, 0.25) is 0 Å². The van der Waals surface area contributed by atoms with Crippen molar-refractivity contribution in [1.82, 2.24) is 9.71 Å². The van der Waals surface area contributed by atoms with Gasteiger partial charge in [-0.25, -0.2) is 18.1 Å². The maximum Gasteiger partial charge on any atom is 0.293 e. The molecular formula is C14H13N3O4S3. The van der Waals surface area contributed by atoms with E-state index in [0.717, 1.165) is 10.6 Å². The van der Waals surface area contributed by atoms with Gasteiger partial charge in [0.1, 0.15) is 0 Å². The zero-order valence-electron chi connectivity index (χ0n) is 12.7. The number of thiophene rings is 1. The molecule has 0 aliphatic rings. The molecule has 3 heterocycles. The Balaban J connectivity index is 1.75. The molecule has 10 heteroatoms. The first-order valence-corrected chi connectivity index (χ1v) is 9.94. The predicted octanol–water partition coefficient (Wildman–Crippen LogP) is 2.93. The molecule has 0 saturated heterocycles. The van der Waals surface area contributed by atoms with Crippen molar-refractivity contribution in [2.24, 2.45) is 0 Å². The molecular weight excluding hydrogens is 370 g/mol. The molecule has 3 aromatic rings. The molecule has 0 radical (unpaired) electrons. The third-order valence-corrected chi connectivity index (χ3v) is 6.12. The van der Waals surface area contributed by atoms with E-state index < -0.39 is 15.9 Å². The molecule has 1 amide bonds. The highest BCUT2D eigenvalue weighted by Crippen LogP contribution is 2.30. The van der Waals surface area contributed by atoms with Crippen molar-refractivity contribution in [2.45, 2.75) is 12.0 Å². The van der Waals surface area contributed by atoms with Crippen molar-refractivity contribution in [1.29, 1.82) is 0 Å². The van der Waals surface area contributed by atoms with E-state index in [4.69, 9.17) is 4.42 Å². The number of hydrogen-bond donors (Lipinski definition) is 2. The lowest BCUT2D eigenvalue weighted by atomic mass is 10.4. The topological polar surface area (TPSA) is 101 Å². The van der Waals surface area contributed by atoms with Gasteiger partial charge in [-0.05, 0) is 38.2 Å². The molecule has 0 unspecified atom stereocenters. The molecule has 24 heavy (non-hydrogen) atoms. The van der Waals surface area contributed by atoms with Crippen molar-refractivity contribution < 1.29 is 17.6 Å². The number of rotatable bonds is 5. The second-order valence-electron chi connectivity index (χ2n) is 4.73. The van der Waals surface area contributed by atoms with Crippen LogP contribution in [0.25, 0.3) is 10.6 Å². The first-order valence-electron chi connectivity index (χ1n) is 6.76. The quantitative estimate of drug-likeness (QED) is 0.705. The lowest BCUT2D eigenvalue weighted by Gasteiger charge is -1.99. The van der Waals surface area contributed by atoms with Gasteiger partial charge in [-0.2, -0.15) is 0 Å². The van der Waals surface area contributed by atoms with Gasteiger partial charge in [0, 0.05) is 10.3 Å². The average molecular weight is 383 g/mol. The van der Waals surface area contributed by atoms with Gasteiger partial charge in [-0.15, -0.1) is 22.7 Å². The summed E-state index contributed by atoms with van der Waals surface area (Å²) in [6, 6.07) is 6.51. The lowest BCUT2D eigenvalue weighted by molar-refractivity contribution is 0.0991. The number of anilines is 1. The van der Waals surface area contributed by atoms with Crippen LogP contribution in [-0.2, 0) is 10.0 Å². The van der Waals surface area contributed by atoms with Crippen LogP contribution in [0, 0.1) is 6.92 Å². The summed E-state index contributed by atoms with van der Waals surface area (Å²) in [7, 11) is -2.46. The van der Waals surface area contributed by atoms with Gasteiger partial charge in [0.25, 0.3) is 15.9 Å². The fourth-order valence-electron chi connectivity index (χ4n) is 1.86. The SMILES string of the molecule is CNS(=O)(=O)c1ccc(C(=O)Nc2nc(-c3ccc(C)s3)cs2)o1. The number of amides is 1. The number of carbonyl (C=O) groups is 1. The molecule has 0 fully saturated rings. The maximum atomic E-state index is 12.1. The molecule has 0 aromatic carbocycles. The summed E-state index contributed by atoms with van der Waals surface area (Å²) in [5.41, 5.74) is 0.784. The highest BCUT2D eigenvalue weighted by atomic mass is 32.2. The predicted molar refractivity (Wildman–Crippen MR) is 93.1 cm³/mol. The molecule has 0 aliphatic carbocycles. The Labute approximate surface area is 146 Å². The molecule has 0 atom stereocenters. The Morgan fingerprint density at radius 2 is 2.04 bits per heavy atom. The van der Waals surface area contributed by atoms with E-state index >= 15 is 0 Å². The van der Waals surface area contributed by atoms with Gasteiger partial charge < -0.3 is 4.42 Å². The second-order valence-corrected chi connectivity index (χ2v) is 8.69. The van der Waals surface area contributed by atoms with Crippen molar-refractivity contribution in [3.05, 3.63) is 40.3 Å². The number of thiazole rings is 1. The van der Waals surface area contributed by atoms with E-state index in [0.29, 0.717) is 5.13 Å². The summed E-state index contributed by atoms with van der Waals surface area (Å²) in [6.45, 7) is 2.01. The Hall–Kier alpha value is -2.01. The monoisotopic (exact) mass is 383 g/mol. The third-order valence-electron chi connectivity index (χ3n) is 3.06. The van der Waals surface area contributed by atoms with Crippen molar-refractivity contribution in [3.63, 3.8) is 0 Å². The first kappa shape index (κ1) is 16.8. The summed E-state index contributed by atoms with van der Waals surface area (Å²) in [6.07, 6.45) is 0. The first-order chi connectivity index (χ1) is 11.4. The van der Waals surface area contributed by atoms with Crippen LogP contribution in [0.1, 0.15) is 15.4 Å². The highest BCUT2D eigenvalue weighted by molar-refractivity contribution is 7.89. The molecule has 2 N–H and O–H groups in total. The summed E-state index contributed by atoms with van der Waals surface area (Å²) in [5, 5.41) is 4.55. The zero-order chi connectivity index (χ0) is 17.3. The summed E-state index contributed by atoms with van der Waals surface area (Å²) < 4.78 is 30.4. The minimum absolute atomic E-state index is 0.104. The number of sulfonamides is 1. The van der Waals surface area contributed by atoms with Crippen molar-refractivity contribution in [2.75, 3.05) is 12.4 Å². The number of furan rings is 1. The number of hydrogen-bond acceptors (Lipinski definition) is 7. The van der Waals surface area contributed by atoms with Crippen LogP contribution in [-0.4, -0.2) is 26.4 Å². The normalized spacial score (nSPS) is 11.6. The van der Waals surface area contributed by atoms with Gasteiger partial charge in [0.05, 0.1) is 10.6 Å². The Morgan fingerprint density at radius 3 is 2.71 bits per heavy atom. The van der Waals surface area contributed by atoms with Gasteiger partial charge in [0.15, 0.2) is 10.9 Å². The smallest absolute Gasteiger partial charge is 0.293 e. The molecule has 0 spiro atoms. The fraction of sp³-hybridized carbons (Fsp3) is 0.143. The molecule has 0 aliphatic heterocycles. The number of carbonyl (C=O) groups excluding carboxylic acids is 1. The molecule has 0 bridgehead atoms. The molecule has 3 rings (SSSR count). The minimum atomic E-state index is -3.72. The summed E-state index contributed by atoms with van der Waals surface area (Å²) >= 11 is 2.90. The number of nitrogens with one attached hydrogen (secondary N) is 2. The van der Waals surface area contributed by atoms with E-state index in [2.05, 4.69) is 15.0 Å². The van der Waals surface area contributed by atoms with Gasteiger partial charge in [-0.3, -0.25) is 10.1 Å². The van der Waals surface area contributed by atoms with Crippen LogP contribution in [0.3, 0.4) is 0 Å². The van der Waals surface area contributed by atoms with E-state index in [1.165, 1.54) is 35.4 Å². The van der Waals surface area contributed by atoms with E-state index in [-0.39, 0.29) is 10.9 Å². The van der Waals surface area contributed by atoms with E-state index in [9.17, 15) is 13.2 Å².